The van der Waals surface area contributed by atoms with E-state index in [4.69, 9.17) is 18.6 Å². The maximum atomic E-state index is 13.3. The van der Waals surface area contributed by atoms with Crippen LogP contribution in [0.1, 0.15) is 117 Å². The van der Waals surface area contributed by atoms with Crippen molar-refractivity contribution in [3.8, 4) is 17.2 Å². The van der Waals surface area contributed by atoms with Crippen LogP contribution in [-0.2, 0) is 9.53 Å². The Balaban J connectivity index is 0.932. The lowest BCUT2D eigenvalue weighted by molar-refractivity contribution is -0.154. The van der Waals surface area contributed by atoms with Crippen molar-refractivity contribution in [1.82, 2.24) is 0 Å². The van der Waals surface area contributed by atoms with E-state index in [2.05, 4.69) is 56.6 Å². The summed E-state index contributed by atoms with van der Waals surface area (Å²) in [4.78, 5) is 26.3. The van der Waals surface area contributed by atoms with Gasteiger partial charge in [0.25, 0.3) is 0 Å². The van der Waals surface area contributed by atoms with E-state index in [1.54, 1.807) is 37.3 Å². The fraction of sp³-hybridized carbons (Fsp3) is 0.609. The number of carbonyl (C=O) groups excluding carboxylic acids is 1. The zero-order valence-electron chi connectivity index (χ0n) is 32.7. The fourth-order valence-electron chi connectivity index (χ4n) is 11.1. The standard InChI is InChI=1S/C46H59BrO6/c1-28(2)8-7-9-29(3)31-10-19-39-37-17-11-32-24-36(20-23-46(32,6)40(37)21-22-45(39,5)26-31)52-42(48)27-50-35-16-18-38-41(25-35)51-30(4)44(43(38)49)53-34-14-12-33(47)13-15-34/h11-16,18,25,28-29,31,36-37,39-40H,7-10,17,19-24,26-27H2,1-6H3/t29-,31+,36+,37-,39+,40+,45-,46+/m0/s1. The van der Waals surface area contributed by atoms with Gasteiger partial charge >= 0.3 is 5.97 Å². The van der Waals surface area contributed by atoms with E-state index in [1.807, 2.05) is 12.1 Å². The molecule has 0 aliphatic heterocycles. The molecule has 0 amide bonds. The van der Waals surface area contributed by atoms with Crippen LogP contribution in [-0.4, -0.2) is 18.7 Å². The minimum Gasteiger partial charge on any atom is -0.482 e. The van der Waals surface area contributed by atoms with Crippen LogP contribution < -0.4 is 14.9 Å². The van der Waals surface area contributed by atoms with Gasteiger partial charge in [-0.25, -0.2) is 4.79 Å². The molecule has 0 radical (unpaired) electrons. The molecule has 6 nitrogen and oxygen atoms in total. The van der Waals surface area contributed by atoms with Crippen molar-refractivity contribution in [2.24, 2.45) is 46.3 Å². The molecule has 0 spiro atoms. The molecule has 7 heteroatoms. The average Bonchev–Trinajstić information content (AvgIpc) is 3.12. The van der Waals surface area contributed by atoms with E-state index in [1.165, 1.54) is 63.4 Å². The molecular weight excluding hydrogens is 728 g/mol. The first kappa shape index (κ1) is 38.2. The van der Waals surface area contributed by atoms with Gasteiger partial charge in [-0.05, 0) is 141 Å². The molecule has 4 aliphatic rings. The Hall–Kier alpha value is -3.06. The van der Waals surface area contributed by atoms with E-state index in [9.17, 15) is 9.59 Å². The molecule has 7 rings (SSSR count). The van der Waals surface area contributed by atoms with Crippen molar-refractivity contribution in [3.05, 3.63) is 74.6 Å². The van der Waals surface area contributed by atoms with Gasteiger partial charge in [-0.1, -0.05) is 81.5 Å². The van der Waals surface area contributed by atoms with Gasteiger partial charge in [-0.2, -0.15) is 0 Å². The van der Waals surface area contributed by atoms with Crippen molar-refractivity contribution in [2.45, 2.75) is 125 Å². The Bertz CT molecular complexity index is 1880. The number of hydrogen-bond acceptors (Lipinski definition) is 6. The van der Waals surface area contributed by atoms with Crippen LogP contribution in [0.2, 0.25) is 0 Å². The normalized spacial score (nSPS) is 30.1. The number of esters is 1. The maximum absolute atomic E-state index is 13.3. The Labute approximate surface area is 324 Å². The van der Waals surface area contributed by atoms with Gasteiger partial charge in [0, 0.05) is 17.0 Å². The number of allylic oxidation sites excluding steroid dienone is 1. The smallest absolute Gasteiger partial charge is 0.344 e. The molecular formula is C46H59BrO6. The first-order valence-corrected chi connectivity index (χ1v) is 21.1. The summed E-state index contributed by atoms with van der Waals surface area (Å²) in [7, 11) is 0. The summed E-state index contributed by atoms with van der Waals surface area (Å²) in [5.74, 6) is 6.03. The third-order valence-electron chi connectivity index (χ3n) is 14.1. The van der Waals surface area contributed by atoms with Gasteiger partial charge in [0.15, 0.2) is 6.61 Å². The Morgan fingerprint density at radius 3 is 2.51 bits per heavy atom. The Morgan fingerprint density at radius 1 is 0.962 bits per heavy atom. The molecule has 2 aromatic carbocycles. The number of benzene rings is 2. The van der Waals surface area contributed by atoms with Crippen LogP contribution in [0, 0.1) is 53.3 Å². The first-order valence-electron chi connectivity index (χ1n) is 20.4. The lowest BCUT2D eigenvalue weighted by Gasteiger charge is -2.61. The maximum Gasteiger partial charge on any atom is 0.344 e. The van der Waals surface area contributed by atoms with Gasteiger partial charge in [-0.3, -0.25) is 4.79 Å². The first-order chi connectivity index (χ1) is 25.3. The van der Waals surface area contributed by atoms with Crippen molar-refractivity contribution in [1.29, 1.82) is 0 Å². The molecule has 1 heterocycles. The number of carbonyl (C=O) groups is 1. The van der Waals surface area contributed by atoms with Crippen molar-refractivity contribution >= 4 is 32.9 Å². The monoisotopic (exact) mass is 786 g/mol. The van der Waals surface area contributed by atoms with Gasteiger partial charge in [-0.15, -0.1) is 0 Å². The van der Waals surface area contributed by atoms with Crippen LogP contribution in [0.15, 0.2) is 67.8 Å². The predicted octanol–water partition coefficient (Wildman–Crippen LogP) is 12.4. The molecule has 3 aromatic rings. The molecule has 1 aromatic heterocycles. The van der Waals surface area contributed by atoms with Crippen molar-refractivity contribution in [2.75, 3.05) is 6.61 Å². The molecule has 286 valence electrons. The molecule has 0 saturated heterocycles. The quantitative estimate of drug-likeness (QED) is 0.142. The highest BCUT2D eigenvalue weighted by molar-refractivity contribution is 9.10. The number of ether oxygens (including phenoxy) is 3. The minimum atomic E-state index is -0.368. The lowest BCUT2D eigenvalue weighted by Crippen LogP contribution is -2.52. The molecule has 53 heavy (non-hydrogen) atoms. The fourth-order valence-corrected chi connectivity index (χ4v) is 11.3. The predicted molar refractivity (Wildman–Crippen MR) is 214 cm³/mol. The third kappa shape index (κ3) is 8.02. The van der Waals surface area contributed by atoms with Crippen LogP contribution in [0.5, 0.6) is 17.2 Å². The summed E-state index contributed by atoms with van der Waals surface area (Å²) in [5.41, 5.74) is 2.32. The largest absolute Gasteiger partial charge is 0.482 e. The SMILES string of the molecule is Cc1oc2cc(OCC(=O)O[C@@H]3CC[C@]4(C)C(=CC[C@H]5[C@H]6CC[C@@H]([C@@H](C)CCCC(C)C)C[C@]6(C)CC[C@H]54)C3)ccc2c(=O)c1Oc1ccc(Br)cc1. The molecule has 0 bridgehead atoms. The highest BCUT2D eigenvalue weighted by atomic mass is 79.9. The topological polar surface area (TPSA) is 75.0 Å². The van der Waals surface area contributed by atoms with Gasteiger partial charge < -0.3 is 18.6 Å². The summed E-state index contributed by atoms with van der Waals surface area (Å²) < 4.78 is 24.6. The van der Waals surface area contributed by atoms with E-state index >= 15 is 0 Å². The van der Waals surface area contributed by atoms with Gasteiger partial charge in [0.1, 0.15) is 28.9 Å². The van der Waals surface area contributed by atoms with Crippen molar-refractivity contribution < 1.29 is 23.4 Å². The molecule has 3 fully saturated rings. The second-order valence-electron chi connectivity index (χ2n) is 18.0. The van der Waals surface area contributed by atoms with Gasteiger partial charge in [0.05, 0.1) is 5.39 Å². The lowest BCUT2D eigenvalue weighted by atomic mass is 9.44. The number of fused-ring (bicyclic) bond motifs is 6. The summed E-state index contributed by atoms with van der Waals surface area (Å²) in [6, 6.07) is 12.2. The average molecular weight is 788 g/mol. The molecule has 4 aliphatic carbocycles. The Kier molecular flexibility index (Phi) is 11.2. The molecule has 3 saturated carbocycles. The third-order valence-corrected chi connectivity index (χ3v) is 14.6. The zero-order chi connectivity index (χ0) is 37.5. The van der Waals surface area contributed by atoms with Crippen LogP contribution in [0.3, 0.4) is 0 Å². The highest BCUT2D eigenvalue weighted by Gasteiger charge is 2.56. The van der Waals surface area contributed by atoms with E-state index < -0.39 is 0 Å². The van der Waals surface area contributed by atoms with Crippen LogP contribution in [0.4, 0.5) is 0 Å². The summed E-state index contributed by atoms with van der Waals surface area (Å²) >= 11 is 3.41. The molecule has 0 N–H and O–H groups in total. The van der Waals surface area contributed by atoms with E-state index in [0.717, 1.165) is 59.2 Å². The van der Waals surface area contributed by atoms with Gasteiger partial charge in [0.2, 0.25) is 11.2 Å². The molecule has 0 unspecified atom stereocenters. The van der Waals surface area contributed by atoms with Crippen LogP contribution in [0.25, 0.3) is 11.0 Å². The van der Waals surface area contributed by atoms with Crippen LogP contribution >= 0.6 is 15.9 Å². The second kappa shape index (κ2) is 15.6. The minimum absolute atomic E-state index is 0.120. The summed E-state index contributed by atoms with van der Waals surface area (Å²) in [6.07, 6.45) is 17.5. The second-order valence-corrected chi connectivity index (χ2v) is 18.9. The summed E-state index contributed by atoms with van der Waals surface area (Å²) in [5, 5.41) is 0.378. The number of rotatable bonds is 11. The van der Waals surface area contributed by atoms with Crippen molar-refractivity contribution in [3.63, 3.8) is 0 Å². The zero-order valence-corrected chi connectivity index (χ0v) is 34.3. The number of hydrogen-bond donors (Lipinski definition) is 0. The summed E-state index contributed by atoms with van der Waals surface area (Å²) in [6.45, 7) is 13.9. The van der Waals surface area contributed by atoms with E-state index in [-0.39, 0.29) is 35.3 Å². The number of aryl methyl sites for hydroxylation is 1. The van der Waals surface area contributed by atoms with E-state index in [0.29, 0.717) is 33.6 Å². The number of halogens is 1. The molecule has 8 atom stereocenters. The highest BCUT2D eigenvalue weighted by Crippen LogP contribution is 2.65. The Morgan fingerprint density at radius 2 is 1.74 bits per heavy atom.